The summed E-state index contributed by atoms with van der Waals surface area (Å²) in [4.78, 5) is 6.36. The third-order valence-electron chi connectivity index (χ3n) is 2.70. The summed E-state index contributed by atoms with van der Waals surface area (Å²) in [5.74, 6) is 0.860. The van der Waals surface area contributed by atoms with Crippen LogP contribution in [0.2, 0.25) is 0 Å². The van der Waals surface area contributed by atoms with Gasteiger partial charge in [0.15, 0.2) is 0 Å². The zero-order chi connectivity index (χ0) is 11.5. The van der Waals surface area contributed by atoms with E-state index < -0.39 is 0 Å². The predicted octanol–water partition coefficient (Wildman–Crippen LogP) is 1.42. The molecule has 4 heteroatoms. The van der Waals surface area contributed by atoms with Crippen LogP contribution in [0.3, 0.4) is 0 Å². The van der Waals surface area contributed by atoms with Gasteiger partial charge in [-0.1, -0.05) is 0 Å². The van der Waals surface area contributed by atoms with E-state index in [1.54, 1.807) is 6.20 Å². The quantitative estimate of drug-likeness (QED) is 0.785. The van der Waals surface area contributed by atoms with Gasteiger partial charge in [0.05, 0.1) is 11.9 Å². The Hall–Kier alpha value is -1.29. The van der Waals surface area contributed by atoms with Crippen LogP contribution >= 0.6 is 0 Å². The summed E-state index contributed by atoms with van der Waals surface area (Å²) in [6.07, 6.45) is 1.66. The van der Waals surface area contributed by atoms with Gasteiger partial charge < -0.3 is 16.0 Å². The standard InChI is InChI=1S/C11H20N4/c1-11(2,15(3)4)8-14-10-6-5-9(12)7-13-10/h5-7H,8,12H2,1-4H3,(H,13,14). The van der Waals surface area contributed by atoms with Gasteiger partial charge in [-0.05, 0) is 40.1 Å². The number of pyridine rings is 1. The zero-order valence-corrected chi connectivity index (χ0v) is 9.91. The van der Waals surface area contributed by atoms with Crippen molar-refractivity contribution in [3.05, 3.63) is 18.3 Å². The minimum Gasteiger partial charge on any atom is -0.397 e. The van der Waals surface area contributed by atoms with Crippen molar-refractivity contribution in [2.75, 3.05) is 31.7 Å². The number of aromatic nitrogens is 1. The lowest BCUT2D eigenvalue weighted by Crippen LogP contribution is -2.44. The minimum atomic E-state index is 0.100. The lowest BCUT2D eigenvalue weighted by atomic mass is 10.0. The third kappa shape index (κ3) is 3.40. The first-order valence-electron chi connectivity index (χ1n) is 5.04. The second kappa shape index (κ2) is 4.49. The Balaban J connectivity index is 2.54. The predicted molar refractivity (Wildman–Crippen MR) is 64.9 cm³/mol. The molecule has 0 aliphatic rings. The monoisotopic (exact) mass is 208 g/mol. The smallest absolute Gasteiger partial charge is 0.126 e. The lowest BCUT2D eigenvalue weighted by Gasteiger charge is -2.32. The first-order chi connectivity index (χ1) is 6.92. The number of hydrogen-bond acceptors (Lipinski definition) is 4. The van der Waals surface area contributed by atoms with Crippen molar-refractivity contribution in [2.24, 2.45) is 0 Å². The van der Waals surface area contributed by atoms with E-state index in [0.717, 1.165) is 12.4 Å². The van der Waals surface area contributed by atoms with Crippen LogP contribution in [0.1, 0.15) is 13.8 Å². The molecule has 0 atom stereocenters. The third-order valence-corrected chi connectivity index (χ3v) is 2.70. The number of nitrogen functional groups attached to an aromatic ring is 1. The van der Waals surface area contributed by atoms with E-state index >= 15 is 0 Å². The molecule has 1 rings (SSSR count). The number of nitrogens with one attached hydrogen (secondary N) is 1. The lowest BCUT2D eigenvalue weighted by molar-refractivity contribution is 0.210. The first-order valence-corrected chi connectivity index (χ1v) is 5.04. The Kier molecular flexibility index (Phi) is 3.52. The molecule has 84 valence electrons. The number of rotatable bonds is 4. The number of likely N-dealkylation sites (N-methyl/N-ethyl adjacent to an activating group) is 1. The van der Waals surface area contributed by atoms with Crippen LogP contribution in [0.5, 0.6) is 0 Å². The molecule has 0 aromatic carbocycles. The zero-order valence-electron chi connectivity index (χ0n) is 9.91. The van der Waals surface area contributed by atoms with Gasteiger partial charge in [-0.15, -0.1) is 0 Å². The molecular weight excluding hydrogens is 188 g/mol. The van der Waals surface area contributed by atoms with Crippen molar-refractivity contribution in [1.29, 1.82) is 0 Å². The molecule has 0 unspecified atom stereocenters. The van der Waals surface area contributed by atoms with E-state index in [0.29, 0.717) is 5.69 Å². The highest BCUT2D eigenvalue weighted by molar-refractivity contribution is 5.43. The van der Waals surface area contributed by atoms with E-state index in [9.17, 15) is 0 Å². The SMILES string of the molecule is CN(C)C(C)(C)CNc1ccc(N)cn1. The van der Waals surface area contributed by atoms with Crippen molar-refractivity contribution in [3.63, 3.8) is 0 Å². The molecule has 1 aromatic rings. The fourth-order valence-electron chi connectivity index (χ4n) is 0.975. The second-order valence-electron chi connectivity index (χ2n) is 4.54. The summed E-state index contributed by atoms with van der Waals surface area (Å²) in [7, 11) is 4.14. The van der Waals surface area contributed by atoms with E-state index in [1.165, 1.54) is 0 Å². The van der Waals surface area contributed by atoms with Gasteiger partial charge in [0, 0.05) is 12.1 Å². The number of nitrogens with zero attached hydrogens (tertiary/aromatic N) is 2. The summed E-state index contributed by atoms with van der Waals surface area (Å²) in [5, 5.41) is 3.29. The maximum Gasteiger partial charge on any atom is 0.126 e. The van der Waals surface area contributed by atoms with E-state index in [2.05, 4.69) is 43.1 Å². The molecular formula is C11H20N4. The van der Waals surface area contributed by atoms with Gasteiger partial charge >= 0.3 is 0 Å². The van der Waals surface area contributed by atoms with Crippen molar-refractivity contribution in [3.8, 4) is 0 Å². The Labute approximate surface area is 91.5 Å². The van der Waals surface area contributed by atoms with Crippen molar-refractivity contribution >= 4 is 11.5 Å². The van der Waals surface area contributed by atoms with Crippen LogP contribution in [-0.2, 0) is 0 Å². The summed E-state index contributed by atoms with van der Waals surface area (Å²) in [6, 6.07) is 3.74. The maximum absolute atomic E-state index is 5.56. The van der Waals surface area contributed by atoms with Gasteiger partial charge in [0.2, 0.25) is 0 Å². The molecule has 0 saturated heterocycles. The van der Waals surface area contributed by atoms with Crippen LogP contribution in [0.15, 0.2) is 18.3 Å². The molecule has 3 N–H and O–H groups in total. The highest BCUT2D eigenvalue weighted by atomic mass is 15.2. The van der Waals surface area contributed by atoms with Crippen molar-refractivity contribution in [1.82, 2.24) is 9.88 Å². The molecule has 0 saturated carbocycles. The van der Waals surface area contributed by atoms with Crippen LogP contribution in [0, 0.1) is 0 Å². The normalized spacial score (nSPS) is 11.8. The van der Waals surface area contributed by atoms with Gasteiger partial charge in [-0.3, -0.25) is 0 Å². The molecule has 1 heterocycles. The molecule has 0 radical (unpaired) electrons. The van der Waals surface area contributed by atoms with Crippen LogP contribution in [-0.4, -0.2) is 36.1 Å². The first kappa shape index (κ1) is 11.8. The van der Waals surface area contributed by atoms with E-state index in [4.69, 9.17) is 5.73 Å². The van der Waals surface area contributed by atoms with Gasteiger partial charge in [-0.2, -0.15) is 0 Å². The summed E-state index contributed by atoms with van der Waals surface area (Å²) < 4.78 is 0. The largest absolute Gasteiger partial charge is 0.397 e. The molecule has 4 nitrogen and oxygen atoms in total. The molecule has 0 fully saturated rings. The Morgan fingerprint density at radius 3 is 2.53 bits per heavy atom. The summed E-state index contributed by atoms with van der Waals surface area (Å²) >= 11 is 0. The summed E-state index contributed by atoms with van der Waals surface area (Å²) in [5.41, 5.74) is 6.35. The van der Waals surface area contributed by atoms with Gasteiger partial charge in [0.1, 0.15) is 5.82 Å². The number of hydrogen-bond donors (Lipinski definition) is 2. The van der Waals surface area contributed by atoms with Crippen molar-refractivity contribution in [2.45, 2.75) is 19.4 Å². The Morgan fingerprint density at radius 2 is 2.07 bits per heavy atom. The van der Waals surface area contributed by atoms with Gasteiger partial charge in [-0.25, -0.2) is 4.98 Å². The fourth-order valence-corrected chi connectivity index (χ4v) is 0.975. The summed E-state index contributed by atoms with van der Waals surface area (Å²) in [6.45, 7) is 5.20. The fraction of sp³-hybridized carbons (Fsp3) is 0.545. The van der Waals surface area contributed by atoms with Crippen LogP contribution < -0.4 is 11.1 Å². The van der Waals surface area contributed by atoms with E-state index in [1.807, 2.05) is 12.1 Å². The highest BCUT2D eigenvalue weighted by Crippen LogP contribution is 2.12. The van der Waals surface area contributed by atoms with E-state index in [-0.39, 0.29) is 5.54 Å². The second-order valence-corrected chi connectivity index (χ2v) is 4.54. The molecule has 0 aliphatic heterocycles. The average Bonchev–Trinajstić information content (AvgIpc) is 2.17. The number of nitrogens with two attached hydrogens (primary N) is 1. The van der Waals surface area contributed by atoms with Crippen LogP contribution in [0.25, 0.3) is 0 Å². The molecule has 0 spiro atoms. The maximum atomic E-state index is 5.56. The molecule has 0 bridgehead atoms. The topological polar surface area (TPSA) is 54.2 Å². The Morgan fingerprint density at radius 1 is 1.40 bits per heavy atom. The molecule has 0 amide bonds. The highest BCUT2D eigenvalue weighted by Gasteiger charge is 2.19. The molecule has 0 aliphatic carbocycles. The van der Waals surface area contributed by atoms with Crippen molar-refractivity contribution < 1.29 is 0 Å². The van der Waals surface area contributed by atoms with Gasteiger partial charge in [0.25, 0.3) is 0 Å². The van der Waals surface area contributed by atoms with Crippen LogP contribution in [0.4, 0.5) is 11.5 Å². The average molecular weight is 208 g/mol. The molecule has 15 heavy (non-hydrogen) atoms. The molecule has 1 aromatic heterocycles. The minimum absolute atomic E-state index is 0.100. The Bertz CT molecular complexity index is 303. The number of anilines is 2.